The van der Waals surface area contributed by atoms with Gasteiger partial charge in [-0.1, -0.05) is 24.3 Å². The number of aromatic nitrogens is 1. The first-order chi connectivity index (χ1) is 7.27. The third kappa shape index (κ3) is 1.08. The minimum absolute atomic E-state index is 0.138. The molecule has 0 aliphatic rings. The molecule has 2 heterocycles. The largest absolute Gasteiger partial charge is 0.318 e. The molecule has 2 heteroatoms. The molecule has 2 aromatic heterocycles. The quantitative estimate of drug-likeness (QED) is 0.521. The maximum atomic E-state index is 14.1. The zero-order valence-electron chi connectivity index (χ0n) is 8.37. The molecule has 0 fully saturated rings. The third-order valence-corrected chi connectivity index (χ3v) is 2.81. The molecule has 15 heavy (non-hydrogen) atoms. The van der Waals surface area contributed by atoms with Crippen molar-refractivity contribution in [2.75, 3.05) is 0 Å². The van der Waals surface area contributed by atoms with Gasteiger partial charge in [-0.2, -0.15) is 0 Å². The smallest absolute Gasteiger partial charge is 0.155 e. The maximum absolute atomic E-state index is 14.1. The van der Waals surface area contributed by atoms with E-state index >= 15 is 0 Å². The summed E-state index contributed by atoms with van der Waals surface area (Å²) in [7, 11) is 0. The molecule has 3 aromatic rings. The summed E-state index contributed by atoms with van der Waals surface area (Å²) >= 11 is 0. The van der Waals surface area contributed by atoms with Gasteiger partial charge in [-0.3, -0.25) is 0 Å². The van der Waals surface area contributed by atoms with Crippen molar-refractivity contribution in [1.29, 1.82) is 0 Å². The van der Waals surface area contributed by atoms with Crippen LogP contribution < -0.4 is 0 Å². The number of rotatable bonds is 0. The fraction of sp³-hybridized carbons (Fsp3) is 0.0769. The fourth-order valence-electron chi connectivity index (χ4n) is 1.99. The summed E-state index contributed by atoms with van der Waals surface area (Å²) in [6, 6.07) is 11.3. The Morgan fingerprint density at radius 2 is 1.87 bits per heavy atom. The molecular weight excluding hydrogens is 189 g/mol. The highest BCUT2D eigenvalue weighted by molar-refractivity contribution is 5.86. The van der Waals surface area contributed by atoms with Crippen molar-refractivity contribution >= 4 is 16.3 Å². The predicted molar refractivity (Wildman–Crippen MR) is 59.6 cm³/mol. The van der Waals surface area contributed by atoms with Gasteiger partial charge < -0.3 is 4.40 Å². The molecule has 0 N–H and O–H groups in total. The maximum Gasteiger partial charge on any atom is 0.155 e. The molecule has 0 aliphatic carbocycles. The Kier molecular flexibility index (Phi) is 1.60. The summed E-state index contributed by atoms with van der Waals surface area (Å²) in [5.41, 5.74) is 1.70. The zero-order chi connectivity index (χ0) is 10.4. The van der Waals surface area contributed by atoms with E-state index in [0.717, 1.165) is 11.1 Å². The average Bonchev–Trinajstić information content (AvgIpc) is 2.62. The second-order valence-electron chi connectivity index (χ2n) is 3.76. The van der Waals surface area contributed by atoms with E-state index in [1.165, 1.54) is 0 Å². The van der Waals surface area contributed by atoms with Crippen molar-refractivity contribution in [3.05, 3.63) is 54.1 Å². The highest BCUT2D eigenvalue weighted by Crippen LogP contribution is 2.23. The number of benzene rings is 1. The van der Waals surface area contributed by atoms with Crippen LogP contribution in [0.4, 0.5) is 4.39 Å². The van der Waals surface area contributed by atoms with Gasteiger partial charge in [0.15, 0.2) is 5.82 Å². The Morgan fingerprint density at radius 1 is 1.07 bits per heavy atom. The van der Waals surface area contributed by atoms with Gasteiger partial charge in [0.2, 0.25) is 0 Å². The van der Waals surface area contributed by atoms with Gasteiger partial charge in [0.25, 0.3) is 0 Å². The van der Waals surface area contributed by atoms with Gasteiger partial charge in [-0.05, 0) is 19.1 Å². The molecule has 0 aliphatic heterocycles. The Bertz CT molecular complexity index is 652. The van der Waals surface area contributed by atoms with Crippen molar-refractivity contribution in [2.45, 2.75) is 6.92 Å². The summed E-state index contributed by atoms with van der Waals surface area (Å²) in [5.74, 6) is -0.138. The van der Waals surface area contributed by atoms with Gasteiger partial charge >= 0.3 is 0 Å². The number of aryl methyl sites for hydroxylation is 1. The number of pyridine rings is 1. The topological polar surface area (TPSA) is 4.41 Å². The number of halogens is 1. The fourth-order valence-corrected chi connectivity index (χ4v) is 1.99. The van der Waals surface area contributed by atoms with Gasteiger partial charge in [0, 0.05) is 22.7 Å². The van der Waals surface area contributed by atoms with E-state index in [1.54, 1.807) is 0 Å². The molecule has 3 rings (SSSR count). The first-order valence-electron chi connectivity index (χ1n) is 4.92. The van der Waals surface area contributed by atoms with Crippen LogP contribution in [0.25, 0.3) is 16.3 Å². The molecule has 0 bridgehead atoms. The van der Waals surface area contributed by atoms with Crippen LogP contribution in [-0.4, -0.2) is 4.40 Å². The lowest BCUT2D eigenvalue weighted by molar-refractivity contribution is 0.645. The lowest BCUT2D eigenvalue weighted by Crippen LogP contribution is -1.91. The van der Waals surface area contributed by atoms with E-state index in [0.29, 0.717) is 10.9 Å². The molecule has 1 aromatic carbocycles. The predicted octanol–water partition coefficient (Wildman–Crippen LogP) is 3.54. The highest BCUT2D eigenvalue weighted by Gasteiger charge is 2.07. The van der Waals surface area contributed by atoms with E-state index in [4.69, 9.17) is 0 Å². The van der Waals surface area contributed by atoms with Crippen molar-refractivity contribution in [1.82, 2.24) is 4.40 Å². The molecule has 0 spiro atoms. The first-order valence-corrected chi connectivity index (χ1v) is 4.92. The van der Waals surface area contributed by atoms with Gasteiger partial charge in [0.05, 0.1) is 5.52 Å². The molecule has 0 atom stereocenters. The Labute approximate surface area is 86.8 Å². The lowest BCUT2D eigenvalue weighted by atomic mass is 10.1. The summed E-state index contributed by atoms with van der Waals surface area (Å²) in [4.78, 5) is 0. The molecule has 0 amide bonds. The Hall–Kier alpha value is -1.83. The van der Waals surface area contributed by atoms with Crippen LogP contribution in [0, 0.1) is 12.7 Å². The molecule has 1 nitrogen and oxygen atoms in total. The summed E-state index contributed by atoms with van der Waals surface area (Å²) in [5, 5.41) is 1.62. The second kappa shape index (κ2) is 2.83. The van der Waals surface area contributed by atoms with Gasteiger partial charge in [-0.25, -0.2) is 4.39 Å². The zero-order valence-corrected chi connectivity index (χ0v) is 8.37. The Morgan fingerprint density at radius 3 is 2.73 bits per heavy atom. The summed E-state index contributed by atoms with van der Waals surface area (Å²) in [6.07, 6.45) is 1.98. The van der Waals surface area contributed by atoms with Crippen LogP contribution in [0.5, 0.6) is 0 Å². The van der Waals surface area contributed by atoms with Crippen LogP contribution in [-0.2, 0) is 0 Å². The average molecular weight is 199 g/mol. The minimum Gasteiger partial charge on any atom is -0.318 e. The van der Waals surface area contributed by atoms with Crippen LogP contribution >= 0.6 is 0 Å². The highest BCUT2D eigenvalue weighted by atomic mass is 19.1. The molecule has 0 unspecified atom stereocenters. The van der Waals surface area contributed by atoms with Crippen LogP contribution in [0.3, 0.4) is 0 Å². The van der Waals surface area contributed by atoms with Crippen molar-refractivity contribution in [3.8, 4) is 0 Å². The van der Waals surface area contributed by atoms with Gasteiger partial charge in [0.1, 0.15) is 0 Å². The molecule has 0 saturated heterocycles. The summed E-state index contributed by atoms with van der Waals surface area (Å²) in [6.45, 7) is 1.97. The first kappa shape index (κ1) is 8.48. The number of fused-ring (bicyclic) bond motifs is 2. The van der Waals surface area contributed by atoms with Gasteiger partial charge in [-0.15, -0.1) is 0 Å². The van der Waals surface area contributed by atoms with E-state index < -0.39 is 0 Å². The third-order valence-electron chi connectivity index (χ3n) is 2.81. The lowest BCUT2D eigenvalue weighted by Gasteiger charge is -2.04. The minimum atomic E-state index is -0.138. The molecule has 0 radical (unpaired) electrons. The van der Waals surface area contributed by atoms with E-state index in [-0.39, 0.29) is 5.82 Å². The monoisotopic (exact) mass is 199 g/mol. The number of hydrogen-bond donors (Lipinski definition) is 0. The number of hydrogen-bond acceptors (Lipinski definition) is 0. The van der Waals surface area contributed by atoms with Crippen molar-refractivity contribution in [3.63, 3.8) is 0 Å². The van der Waals surface area contributed by atoms with E-state index in [9.17, 15) is 4.39 Å². The Balaban J connectivity index is 2.61. The molecule has 0 saturated carbocycles. The van der Waals surface area contributed by atoms with Crippen molar-refractivity contribution in [2.24, 2.45) is 0 Å². The SMILES string of the molecule is Cc1ccc2c(F)c3ccccc3cn12. The van der Waals surface area contributed by atoms with Crippen molar-refractivity contribution < 1.29 is 4.39 Å². The normalized spacial score (nSPS) is 11.3. The van der Waals surface area contributed by atoms with Crippen LogP contribution in [0.2, 0.25) is 0 Å². The standard InChI is InChI=1S/C13H10FN/c1-9-6-7-12-13(14)11-5-3-2-4-10(11)8-15(9)12/h2-8H,1H3. The molecular formula is C13H10FN. The summed E-state index contributed by atoms with van der Waals surface area (Å²) < 4.78 is 15.9. The van der Waals surface area contributed by atoms with E-state index in [2.05, 4.69) is 0 Å². The second-order valence-corrected chi connectivity index (χ2v) is 3.76. The van der Waals surface area contributed by atoms with E-state index in [1.807, 2.05) is 53.9 Å². The molecule has 74 valence electrons. The van der Waals surface area contributed by atoms with Crippen LogP contribution in [0.1, 0.15) is 5.69 Å². The number of nitrogens with zero attached hydrogens (tertiary/aromatic N) is 1. The van der Waals surface area contributed by atoms with Crippen LogP contribution in [0.15, 0.2) is 42.6 Å².